The Labute approximate surface area is 137 Å². The predicted molar refractivity (Wildman–Crippen MR) is 88.2 cm³/mol. The number of rotatable bonds is 5. The molecule has 6 nitrogen and oxygen atoms in total. The number of ether oxygens (including phenoxy) is 1. The summed E-state index contributed by atoms with van der Waals surface area (Å²) < 4.78 is 5.63. The molecule has 118 valence electrons. The van der Waals surface area contributed by atoms with Gasteiger partial charge in [0, 0.05) is 23.3 Å². The molecule has 0 saturated carbocycles. The second kappa shape index (κ2) is 6.70. The largest absolute Gasteiger partial charge is 0.439 e. The maximum absolute atomic E-state index is 11.2. The van der Waals surface area contributed by atoms with E-state index in [9.17, 15) is 14.9 Å². The molecule has 2 aromatic carbocycles. The molecule has 0 saturated heterocycles. The number of aromatic nitrogens is 1. The van der Waals surface area contributed by atoms with Gasteiger partial charge in [0.2, 0.25) is 5.88 Å². The van der Waals surface area contributed by atoms with Crippen LogP contribution in [0.5, 0.6) is 11.6 Å². The Balaban J connectivity index is 2.01. The third kappa shape index (κ3) is 3.27. The number of pyridine rings is 1. The first-order chi connectivity index (χ1) is 11.7. The second-order valence-electron chi connectivity index (χ2n) is 4.93. The van der Waals surface area contributed by atoms with Gasteiger partial charge in [0.05, 0.1) is 4.92 Å². The van der Waals surface area contributed by atoms with Crippen molar-refractivity contribution in [2.24, 2.45) is 0 Å². The van der Waals surface area contributed by atoms with Crippen molar-refractivity contribution in [3.63, 3.8) is 0 Å². The third-order valence-electron chi connectivity index (χ3n) is 3.31. The highest BCUT2D eigenvalue weighted by molar-refractivity contribution is 5.75. The fourth-order valence-electron chi connectivity index (χ4n) is 2.22. The summed E-state index contributed by atoms with van der Waals surface area (Å²) in [5, 5.41) is 11.2. The Bertz CT molecular complexity index is 895. The zero-order valence-electron chi connectivity index (χ0n) is 12.5. The Kier molecular flexibility index (Phi) is 4.29. The van der Waals surface area contributed by atoms with Crippen molar-refractivity contribution < 1.29 is 14.5 Å². The van der Waals surface area contributed by atoms with Gasteiger partial charge in [-0.2, -0.15) is 0 Å². The van der Waals surface area contributed by atoms with Crippen molar-refractivity contribution in [1.82, 2.24) is 4.98 Å². The third-order valence-corrected chi connectivity index (χ3v) is 3.31. The van der Waals surface area contributed by atoms with E-state index in [0.717, 1.165) is 0 Å². The molecule has 0 aliphatic carbocycles. The highest BCUT2D eigenvalue weighted by Gasteiger charge is 2.18. The molecule has 0 bridgehead atoms. The summed E-state index contributed by atoms with van der Waals surface area (Å²) in [7, 11) is 0. The molecule has 3 aromatic rings. The molecule has 0 aliphatic rings. The van der Waals surface area contributed by atoms with Gasteiger partial charge in [-0.15, -0.1) is 0 Å². The van der Waals surface area contributed by atoms with Gasteiger partial charge in [-0.1, -0.05) is 42.5 Å². The SMILES string of the molecule is O=Cc1cccc(Oc2ccc([N+](=O)[O-])c(-c3ccccc3)n2)c1. The molecular weight excluding hydrogens is 308 g/mol. The molecule has 6 heteroatoms. The lowest BCUT2D eigenvalue weighted by atomic mass is 10.1. The molecule has 1 heterocycles. The molecule has 1 aromatic heterocycles. The number of carbonyl (C=O) groups is 1. The number of nitro groups is 1. The van der Waals surface area contributed by atoms with E-state index in [1.165, 1.54) is 12.1 Å². The summed E-state index contributed by atoms with van der Waals surface area (Å²) in [5.41, 5.74) is 1.22. The van der Waals surface area contributed by atoms with Crippen LogP contribution >= 0.6 is 0 Å². The van der Waals surface area contributed by atoms with Gasteiger partial charge < -0.3 is 4.74 Å². The Hall–Kier alpha value is -3.54. The molecule has 0 spiro atoms. The van der Waals surface area contributed by atoms with Crippen LogP contribution in [-0.4, -0.2) is 16.2 Å². The highest BCUT2D eigenvalue weighted by atomic mass is 16.6. The summed E-state index contributed by atoms with van der Waals surface area (Å²) in [6.07, 6.45) is 0.714. The molecule has 0 N–H and O–H groups in total. The maximum atomic E-state index is 11.2. The fraction of sp³-hybridized carbons (Fsp3) is 0. The number of hydrogen-bond acceptors (Lipinski definition) is 5. The van der Waals surface area contributed by atoms with Crippen LogP contribution in [0.15, 0.2) is 66.7 Å². The number of benzene rings is 2. The van der Waals surface area contributed by atoms with E-state index in [1.807, 2.05) is 6.07 Å². The van der Waals surface area contributed by atoms with Crippen LogP contribution in [0.25, 0.3) is 11.3 Å². The lowest BCUT2D eigenvalue weighted by molar-refractivity contribution is -0.384. The van der Waals surface area contributed by atoms with Gasteiger partial charge in [-0.25, -0.2) is 4.98 Å². The van der Waals surface area contributed by atoms with E-state index in [1.54, 1.807) is 48.5 Å². The van der Waals surface area contributed by atoms with Crippen LogP contribution < -0.4 is 4.74 Å². The summed E-state index contributed by atoms with van der Waals surface area (Å²) in [5.74, 6) is 0.641. The lowest BCUT2D eigenvalue weighted by Crippen LogP contribution is -1.97. The van der Waals surface area contributed by atoms with Crippen molar-refractivity contribution in [2.75, 3.05) is 0 Å². The molecule has 24 heavy (non-hydrogen) atoms. The highest BCUT2D eigenvalue weighted by Crippen LogP contribution is 2.31. The van der Waals surface area contributed by atoms with E-state index >= 15 is 0 Å². The number of aldehydes is 1. The number of nitrogens with zero attached hydrogens (tertiary/aromatic N) is 2. The topological polar surface area (TPSA) is 82.3 Å². The average molecular weight is 320 g/mol. The first-order valence-electron chi connectivity index (χ1n) is 7.11. The smallest absolute Gasteiger partial charge is 0.295 e. The van der Waals surface area contributed by atoms with Crippen molar-refractivity contribution in [2.45, 2.75) is 0 Å². The molecule has 0 amide bonds. The van der Waals surface area contributed by atoms with Gasteiger partial charge in [-0.05, 0) is 12.1 Å². The minimum Gasteiger partial charge on any atom is -0.439 e. The van der Waals surface area contributed by atoms with Crippen LogP contribution in [0.2, 0.25) is 0 Å². The van der Waals surface area contributed by atoms with E-state index < -0.39 is 4.92 Å². The molecule has 3 rings (SSSR count). The first-order valence-corrected chi connectivity index (χ1v) is 7.11. The van der Waals surface area contributed by atoms with Crippen LogP contribution in [0.4, 0.5) is 5.69 Å². The minimum atomic E-state index is -0.480. The molecular formula is C18H12N2O4. The zero-order valence-corrected chi connectivity index (χ0v) is 12.5. The van der Waals surface area contributed by atoms with Crippen molar-refractivity contribution in [3.8, 4) is 22.9 Å². The van der Waals surface area contributed by atoms with Crippen LogP contribution in [-0.2, 0) is 0 Å². The average Bonchev–Trinajstić information content (AvgIpc) is 2.62. The van der Waals surface area contributed by atoms with E-state index in [4.69, 9.17) is 4.74 Å². The number of carbonyl (C=O) groups excluding carboxylic acids is 1. The van der Waals surface area contributed by atoms with Crippen molar-refractivity contribution >= 4 is 12.0 Å². The number of hydrogen-bond donors (Lipinski definition) is 0. The van der Waals surface area contributed by atoms with Gasteiger partial charge in [-0.3, -0.25) is 14.9 Å². The van der Waals surface area contributed by atoms with Crippen LogP contribution in [0.3, 0.4) is 0 Å². The van der Waals surface area contributed by atoms with Crippen molar-refractivity contribution in [3.05, 3.63) is 82.4 Å². The molecule has 0 radical (unpaired) electrons. The molecule has 0 atom stereocenters. The normalized spacial score (nSPS) is 10.2. The Morgan fingerprint density at radius 2 is 1.79 bits per heavy atom. The summed E-state index contributed by atoms with van der Waals surface area (Å²) in [6, 6.07) is 18.2. The van der Waals surface area contributed by atoms with Crippen molar-refractivity contribution in [1.29, 1.82) is 0 Å². The minimum absolute atomic E-state index is 0.102. The Morgan fingerprint density at radius 1 is 1.00 bits per heavy atom. The van der Waals surface area contributed by atoms with Gasteiger partial charge in [0.15, 0.2) is 5.69 Å². The van der Waals surface area contributed by atoms with Crippen LogP contribution in [0, 0.1) is 10.1 Å². The maximum Gasteiger partial charge on any atom is 0.295 e. The van der Waals surface area contributed by atoms with Gasteiger partial charge in [0.25, 0.3) is 5.69 Å². The van der Waals surface area contributed by atoms with Crippen LogP contribution in [0.1, 0.15) is 10.4 Å². The lowest BCUT2D eigenvalue weighted by Gasteiger charge is -2.08. The molecule has 0 fully saturated rings. The Morgan fingerprint density at radius 3 is 2.50 bits per heavy atom. The zero-order chi connectivity index (χ0) is 16.9. The summed E-state index contributed by atoms with van der Waals surface area (Å²) >= 11 is 0. The second-order valence-corrected chi connectivity index (χ2v) is 4.93. The monoisotopic (exact) mass is 320 g/mol. The fourth-order valence-corrected chi connectivity index (χ4v) is 2.22. The molecule has 0 unspecified atom stereocenters. The summed E-state index contributed by atoms with van der Waals surface area (Å²) in [4.78, 5) is 25.8. The van der Waals surface area contributed by atoms with E-state index in [0.29, 0.717) is 23.2 Å². The van der Waals surface area contributed by atoms with E-state index in [-0.39, 0.29) is 17.3 Å². The summed E-state index contributed by atoms with van der Waals surface area (Å²) in [6.45, 7) is 0. The van der Waals surface area contributed by atoms with E-state index in [2.05, 4.69) is 4.98 Å². The quantitative estimate of drug-likeness (QED) is 0.398. The molecule has 0 aliphatic heterocycles. The standard InChI is InChI=1S/C18H12N2O4/c21-12-13-5-4-8-15(11-13)24-17-10-9-16(20(22)23)18(19-17)14-6-2-1-3-7-14/h1-12H. The van der Waals surface area contributed by atoms with Gasteiger partial charge in [0.1, 0.15) is 12.0 Å². The van der Waals surface area contributed by atoms with Gasteiger partial charge >= 0.3 is 0 Å². The first kappa shape index (κ1) is 15.4. The predicted octanol–water partition coefficient (Wildman–Crippen LogP) is 4.26.